The van der Waals surface area contributed by atoms with Gasteiger partial charge in [0.25, 0.3) is 0 Å². The number of ether oxygens (including phenoxy) is 1. The van der Waals surface area contributed by atoms with Gasteiger partial charge in [0.05, 0.1) is 18.7 Å². The van der Waals surface area contributed by atoms with E-state index in [0.29, 0.717) is 36.5 Å². The largest absolute Gasteiger partial charge is 0.448 e. The molecule has 2 aromatic heterocycles. The number of hydrogen-bond donors (Lipinski definition) is 3. The molecule has 1 atom stereocenters. The number of alkyl halides is 3. The number of pyridine rings is 2. The molecule has 1 saturated heterocycles. The molecule has 0 radical (unpaired) electrons. The monoisotopic (exact) mass is 725 g/mol. The number of piperidine rings is 1. The standard InChI is InChI=1S/C32H42F3N7O5S2/c1-22(6-9-28(44)37-10-5-15-43)49-48-17-16-47-31(46)40-30-24-18-29(45)42(25(24)19-26(39-30)32(33,34)35)21-23-7-8-27(38-20-23)36-11-14-41-12-3-2-4-13-41/h7-8,15,19-20,22H,2-6,9-14,16-18,21H2,1H3,(H,36,38)(H,37,44)(H,39,40,46). The van der Waals surface area contributed by atoms with Crippen LogP contribution in [-0.4, -0.2) is 89.4 Å². The Morgan fingerprint density at radius 1 is 1.16 bits per heavy atom. The normalized spacial score (nSPS) is 15.4. The average Bonchev–Trinajstić information content (AvgIpc) is 3.39. The fourth-order valence-corrected chi connectivity index (χ4v) is 7.49. The van der Waals surface area contributed by atoms with Crippen LogP contribution in [0.1, 0.15) is 62.3 Å². The Morgan fingerprint density at radius 3 is 2.67 bits per heavy atom. The highest BCUT2D eigenvalue weighted by atomic mass is 33.1. The lowest BCUT2D eigenvalue weighted by Gasteiger charge is -2.26. The smallest absolute Gasteiger partial charge is 0.433 e. The molecule has 0 aromatic carbocycles. The number of nitrogens with one attached hydrogen (secondary N) is 3. The zero-order chi connectivity index (χ0) is 35.2. The summed E-state index contributed by atoms with van der Waals surface area (Å²) in [6.45, 7) is 6.08. The van der Waals surface area contributed by atoms with Gasteiger partial charge in [-0.05, 0) is 50.0 Å². The van der Waals surface area contributed by atoms with Gasteiger partial charge < -0.3 is 30.0 Å². The van der Waals surface area contributed by atoms with E-state index in [4.69, 9.17) is 4.74 Å². The first kappa shape index (κ1) is 38.2. The van der Waals surface area contributed by atoms with Crippen LogP contribution in [0.3, 0.4) is 0 Å². The molecule has 0 spiro atoms. The fourth-order valence-electron chi connectivity index (χ4n) is 5.31. The van der Waals surface area contributed by atoms with E-state index < -0.39 is 23.9 Å². The number of hydrogen-bond acceptors (Lipinski definition) is 11. The first-order chi connectivity index (χ1) is 23.5. The van der Waals surface area contributed by atoms with Gasteiger partial charge in [0.1, 0.15) is 30.2 Å². The molecule has 0 aliphatic carbocycles. The summed E-state index contributed by atoms with van der Waals surface area (Å²) in [7, 11) is 2.94. The fraction of sp³-hybridized carbons (Fsp3) is 0.562. The van der Waals surface area contributed by atoms with E-state index in [1.54, 1.807) is 18.3 Å². The average molecular weight is 726 g/mol. The number of aldehydes is 1. The van der Waals surface area contributed by atoms with Gasteiger partial charge in [-0.15, -0.1) is 0 Å². The van der Waals surface area contributed by atoms with E-state index >= 15 is 0 Å². The number of aromatic nitrogens is 2. The number of likely N-dealkylation sites (tertiary alicyclic amines) is 1. The van der Waals surface area contributed by atoms with Gasteiger partial charge in [-0.25, -0.2) is 14.8 Å². The number of halogens is 3. The van der Waals surface area contributed by atoms with Gasteiger partial charge in [0, 0.05) is 55.2 Å². The van der Waals surface area contributed by atoms with Crippen LogP contribution in [0.15, 0.2) is 24.4 Å². The molecule has 17 heteroatoms. The van der Waals surface area contributed by atoms with Crippen molar-refractivity contribution in [2.45, 2.75) is 69.8 Å². The minimum absolute atomic E-state index is 0.00373. The summed E-state index contributed by atoms with van der Waals surface area (Å²) < 4.78 is 46.7. The molecule has 3 amide bonds. The molecule has 4 rings (SSSR count). The number of rotatable bonds is 18. The maximum atomic E-state index is 13.8. The van der Waals surface area contributed by atoms with Crippen molar-refractivity contribution >= 4 is 63.1 Å². The summed E-state index contributed by atoms with van der Waals surface area (Å²) in [4.78, 5) is 59.4. The van der Waals surface area contributed by atoms with Crippen molar-refractivity contribution in [3.05, 3.63) is 41.2 Å². The Kier molecular flexibility index (Phi) is 14.8. The zero-order valence-electron chi connectivity index (χ0n) is 27.4. The van der Waals surface area contributed by atoms with Crippen LogP contribution < -0.4 is 20.9 Å². The Bertz CT molecular complexity index is 1430. The summed E-state index contributed by atoms with van der Waals surface area (Å²) in [5, 5.41) is 8.39. The third-order valence-electron chi connectivity index (χ3n) is 7.87. The second-order valence-electron chi connectivity index (χ2n) is 11.7. The first-order valence-electron chi connectivity index (χ1n) is 16.3. The van der Waals surface area contributed by atoms with Crippen LogP contribution in [-0.2, 0) is 38.3 Å². The molecule has 0 saturated carbocycles. The summed E-state index contributed by atoms with van der Waals surface area (Å²) in [6.07, 6.45) is 1.18. The van der Waals surface area contributed by atoms with Crippen molar-refractivity contribution in [3.8, 4) is 0 Å². The van der Waals surface area contributed by atoms with Gasteiger partial charge in [-0.2, -0.15) is 13.2 Å². The minimum atomic E-state index is -4.82. The van der Waals surface area contributed by atoms with Crippen molar-refractivity contribution < 1.29 is 37.1 Å². The highest BCUT2D eigenvalue weighted by Gasteiger charge is 2.39. The third kappa shape index (κ3) is 12.4. The number of fused-ring (bicyclic) bond motifs is 1. The lowest BCUT2D eigenvalue weighted by Crippen LogP contribution is -2.33. The van der Waals surface area contributed by atoms with Crippen LogP contribution in [0.2, 0.25) is 0 Å². The topological polar surface area (TPSA) is 146 Å². The molecular weight excluding hydrogens is 684 g/mol. The van der Waals surface area contributed by atoms with Crippen molar-refractivity contribution in [3.63, 3.8) is 0 Å². The molecule has 268 valence electrons. The van der Waals surface area contributed by atoms with E-state index in [1.165, 1.54) is 45.8 Å². The zero-order valence-corrected chi connectivity index (χ0v) is 29.0. The summed E-state index contributed by atoms with van der Waals surface area (Å²) in [6, 6.07) is 4.37. The molecule has 1 unspecified atom stereocenters. The Balaban J connectivity index is 1.28. The number of carbonyl (C=O) groups is 4. The minimum Gasteiger partial charge on any atom is -0.448 e. The third-order valence-corrected chi connectivity index (χ3v) is 10.8. The number of carbonyl (C=O) groups excluding carboxylic acids is 4. The van der Waals surface area contributed by atoms with Gasteiger partial charge in [0.2, 0.25) is 11.8 Å². The quantitative estimate of drug-likeness (QED) is 0.105. The molecule has 12 nitrogen and oxygen atoms in total. The lowest BCUT2D eigenvalue weighted by atomic mass is 10.1. The first-order valence-corrected chi connectivity index (χ1v) is 18.7. The SMILES string of the molecule is CC(CCC(=O)NCCC=O)SSCCOC(=O)Nc1nc(C(F)(F)F)cc2c1CC(=O)N2Cc1ccc(NCCN2CCCCC2)nc1. The van der Waals surface area contributed by atoms with Crippen LogP contribution in [0.4, 0.5) is 35.3 Å². The molecule has 2 aliphatic heterocycles. The molecule has 2 aliphatic rings. The summed E-state index contributed by atoms with van der Waals surface area (Å²) >= 11 is 0. The van der Waals surface area contributed by atoms with Crippen molar-refractivity contribution in [1.82, 2.24) is 20.2 Å². The highest BCUT2D eigenvalue weighted by molar-refractivity contribution is 8.76. The molecule has 3 N–H and O–H groups in total. The van der Waals surface area contributed by atoms with Gasteiger partial charge in [-0.3, -0.25) is 14.9 Å². The molecular formula is C32H42F3N7O5S2. The number of nitrogens with zero attached hydrogens (tertiary/aromatic N) is 4. The summed E-state index contributed by atoms with van der Waals surface area (Å²) in [5.74, 6) is 0.129. The van der Waals surface area contributed by atoms with Crippen molar-refractivity contribution in [2.75, 3.05) is 60.6 Å². The highest BCUT2D eigenvalue weighted by Crippen LogP contribution is 2.39. The summed E-state index contributed by atoms with van der Waals surface area (Å²) in [5.41, 5.74) is -0.423. The lowest BCUT2D eigenvalue weighted by molar-refractivity contribution is -0.141. The number of amides is 3. The molecule has 0 bridgehead atoms. The van der Waals surface area contributed by atoms with E-state index in [-0.39, 0.29) is 54.2 Å². The Labute approximate surface area is 291 Å². The van der Waals surface area contributed by atoms with E-state index in [1.807, 2.05) is 6.92 Å². The molecule has 1 fully saturated rings. The van der Waals surface area contributed by atoms with Crippen molar-refractivity contribution in [2.24, 2.45) is 0 Å². The number of anilines is 3. The second-order valence-corrected chi connectivity index (χ2v) is 14.6. The van der Waals surface area contributed by atoms with E-state index in [2.05, 4.69) is 30.8 Å². The maximum absolute atomic E-state index is 13.8. The van der Waals surface area contributed by atoms with Crippen LogP contribution in [0, 0.1) is 0 Å². The van der Waals surface area contributed by atoms with Gasteiger partial charge in [-0.1, -0.05) is 41.0 Å². The van der Waals surface area contributed by atoms with Gasteiger partial charge >= 0.3 is 12.3 Å². The van der Waals surface area contributed by atoms with E-state index in [0.717, 1.165) is 38.5 Å². The van der Waals surface area contributed by atoms with Crippen LogP contribution >= 0.6 is 21.6 Å². The van der Waals surface area contributed by atoms with Crippen LogP contribution in [0.5, 0.6) is 0 Å². The predicted octanol–water partition coefficient (Wildman–Crippen LogP) is 5.29. The maximum Gasteiger partial charge on any atom is 0.433 e. The van der Waals surface area contributed by atoms with E-state index in [9.17, 15) is 32.3 Å². The Morgan fingerprint density at radius 2 is 1.96 bits per heavy atom. The predicted molar refractivity (Wildman–Crippen MR) is 185 cm³/mol. The van der Waals surface area contributed by atoms with Gasteiger partial charge in [0.15, 0.2) is 0 Å². The molecule has 4 heterocycles. The van der Waals surface area contributed by atoms with Crippen LogP contribution in [0.25, 0.3) is 0 Å². The van der Waals surface area contributed by atoms with Crippen molar-refractivity contribution in [1.29, 1.82) is 0 Å². The Hall–Kier alpha value is -3.57. The molecule has 49 heavy (non-hydrogen) atoms. The molecule has 2 aromatic rings. The second kappa shape index (κ2) is 19.0.